The van der Waals surface area contributed by atoms with E-state index >= 15 is 0 Å². The first-order valence-corrected chi connectivity index (χ1v) is 8.03. The molecular formula is C15H27N3O4. The molecule has 0 radical (unpaired) electrons. The van der Waals surface area contributed by atoms with Crippen molar-refractivity contribution in [2.45, 2.75) is 45.6 Å². The minimum absolute atomic E-state index is 0.0882. The fourth-order valence-corrected chi connectivity index (χ4v) is 2.24. The highest BCUT2D eigenvalue weighted by molar-refractivity contribution is 5.92. The monoisotopic (exact) mass is 313 g/mol. The van der Waals surface area contributed by atoms with Crippen LogP contribution in [0.5, 0.6) is 0 Å². The summed E-state index contributed by atoms with van der Waals surface area (Å²) < 4.78 is 5.09. The molecule has 1 fully saturated rings. The average molecular weight is 313 g/mol. The Kier molecular flexibility index (Phi) is 8.50. The molecule has 1 heterocycles. The largest absolute Gasteiger partial charge is 0.466 e. The molecule has 126 valence electrons. The highest BCUT2D eigenvalue weighted by atomic mass is 16.5. The van der Waals surface area contributed by atoms with Crippen LogP contribution in [0.2, 0.25) is 0 Å². The third-order valence-electron chi connectivity index (χ3n) is 3.48. The Bertz CT molecular complexity index is 387. The summed E-state index contributed by atoms with van der Waals surface area (Å²) in [5.74, 6) is -0.882. The molecule has 1 aliphatic rings. The number of esters is 1. The smallest absolute Gasteiger partial charge is 0.308 e. The second kappa shape index (κ2) is 10.2. The number of piperazine rings is 1. The molecule has 7 nitrogen and oxygen atoms in total. The van der Waals surface area contributed by atoms with Gasteiger partial charge in [0.05, 0.1) is 19.6 Å². The van der Waals surface area contributed by atoms with Crippen molar-refractivity contribution >= 4 is 17.8 Å². The quantitative estimate of drug-likeness (QED) is 0.464. The van der Waals surface area contributed by atoms with Crippen LogP contribution in [0.15, 0.2) is 0 Å². The first-order valence-electron chi connectivity index (χ1n) is 8.03. The Morgan fingerprint density at radius 2 is 2.14 bits per heavy atom. The predicted molar refractivity (Wildman–Crippen MR) is 82.2 cm³/mol. The number of carbonyl (C=O) groups excluding carboxylic acids is 3. The zero-order valence-electron chi connectivity index (χ0n) is 13.5. The Hall–Kier alpha value is -1.63. The van der Waals surface area contributed by atoms with Gasteiger partial charge in [-0.3, -0.25) is 14.4 Å². The van der Waals surface area contributed by atoms with Crippen molar-refractivity contribution in [3.63, 3.8) is 0 Å². The molecule has 1 aliphatic heterocycles. The SMILES string of the molecule is CCCCOC(=O)CC1C(=O)NCCN1C(=O)CNCCC. The van der Waals surface area contributed by atoms with Crippen molar-refractivity contribution in [2.24, 2.45) is 0 Å². The first-order chi connectivity index (χ1) is 10.6. The Morgan fingerprint density at radius 1 is 1.36 bits per heavy atom. The van der Waals surface area contributed by atoms with Crippen molar-refractivity contribution in [2.75, 3.05) is 32.8 Å². The number of carbonyl (C=O) groups is 3. The van der Waals surface area contributed by atoms with E-state index in [0.717, 1.165) is 25.8 Å². The van der Waals surface area contributed by atoms with E-state index in [-0.39, 0.29) is 24.8 Å². The van der Waals surface area contributed by atoms with Crippen LogP contribution < -0.4 is 10.6 Å². The van der Waals surface area contributed by atoms with E-state index in [1.54, 1.807) is 0 Å². The molecule has 0 spiro atoms. The Labute approximate surface area is 131 Å². The number of amides is 2. The molecule has 1 unspecified atom stereocenters. The number of unbranched alkanes of at least 4 members (excludes halogenated alkanes) is 1. The van der Waals surface area contributed by atoms with Crippen LogP contribution in [0, 0.1) is 0 Å². The van der Waals surface area contributed by atoms with Crippen molar-refractivity contribution in [3.05, 3.63) is 0 Å². The molecule has 7 heteroatoms. The van der Waals surface area contributed by atoms with Crippen LogP contribution in [0.3, 0.4) is 0 Å². The normalized spacial score (nSPS) is 18.0. The van der Waals surface area contributed by atoms with Gasteiger partial charge in [0.2, 0.25) is 11.8 Å². The zero-order chi connectivity index (χ0) is 16.4. The molecule has 1 rings (SSSR count). The Balaban J connectivity index is 2.55. The van der Waals surface area contributed by atoms with Crippen molar-refractivity contribution in [3.8, 4) is 0 Å². The molecule has 1 saturated heterocycles. The van der Waals surface area contributed by atoms with Gasteiger partial charge >= 0.3 is 5.97 Å². The third kappa shape index (κ3) is 6.01. The highest BCUT2D eigenvalue weighted by Crippen LogP contribution is 2.10. The van der Waals surface area contributed by atoms with Gasteiger partial charge < -0.3 is 20.3 Å². The van der Waals surface area contributed by atoms with Crippen LogP contribution in [0.25, 0.3) is 0 Å². The minimum atomic E-state index is -0.765. The average Bonchev–Trinajstić information content (AvgIpc) is 2.49. The molecule has 0 bridgehead atoms. The number of ether oxygens (including phenoxy) is 1. The van der Waals surface area contributed by atoms with Gasteiger partial charge in [0.1, 0.15) is 6.04 Å². The minimum Gasteiger partial charge on any atom is -0.466 e. The van der Waals surface area contributed by atoms with E-state index in [1.807, 2.05) is 13.8 Å². The molecule has 1 atom stereocenters. The second-order valence-corrected chi connectivity index (χ2v) is 5.35. The lowest BCUT2D eigenvalue weighted by atomic mass is 10.1. The molecule has 22 heavy (non-hydrogen) atoms. The standard InChI is InChI=1S/C15H27N3O4/c1-3-5-9-22-14(20)10-12-15(21)17-7-8-18(12)13(19)11-16-6-4-2/h12,16H,3-11H2,1-2H3,(H,17,21). The predicted octanol–water partition coefficient (Wildman–Crippen LogP) is 0.0464. The van der Waals surface area contributed by atoms with E-state index in [9.17, 15) is 14.4 Å². The number of rotatable bonds is 9. The molecule has 2 N–H and O–H groups in total. The van der Waals surface area contributed by atoms with E-state index in [1.165, 1.54) is 4.90 Å². The number of nitrogens with one attached hydrogen (secondary N) is 2. The molecule has 0 saturated carbocycles. The van der Waals surface area contributed by atoms with Crippen LogP contribution in [0.1, 0.15) is 39.5 Å². The number of hydrogen-bond donors (Lipinski definition) is 2. The van der Waals surface area contributed by atoms with Gasteiger partial charge in [0, 0.05) is 13.1 Å². The maximum atomic E-state index is 12.2. The number of nitrogens with zero attached hydrogens (tertiary/aromatic N) is 1. The van der Waals surface area contributed by atoms with Gasteiger partial charge in [0.25, 0.3) is 0 Å². The topological polar surface area (TPSA) is 87.7 Å². The Morgan fingerprint density at radius 3 is 2.82 bits per heavy atom. The van der Waals surface area contributed by atoms with E-state index < -0.39 is 12.0 Å². The first kappa shape index (κ1) is 18.4. The van der Waals surface area contributed by atoms with Crippen LogP contribution in [0.4, 0.5) is 0 Å². The summed E-state index contributed by atoms with van der Waals surface area (Å²) in [6.45, 7) is 6.14. The van der Waals surface area contributed by atoms with Gasteiger partial charge in [-0.15, -0.1) is 0 Å². The van der Waals surface area contributed by atoms with E-state index in [0.29, 0.717) is 19.7 Å². The molecule has 0 aromatic carbocycles. The summed E-state index contributed by atoms with van der Waals surface area (Å²) in [4.78, 5) is 37.5. The van der Waals surface area contributed by atoms with Gasteiger partial charge in [-0.25, -0.2) is 0 Å². The lowest BCUT2D eigenvalue weighted by Crippen LogP contribution is -2.59. The van der Waals surface area contributed by atoms with Gasteiger partial charge in [-0.2, -0.15) is 0 Å². The summed E-state index contributed by atoms with van der Waals surface area (Å²) in [6.07, 6.45) is 2.58. The van der Waals surface area contributed by atoms with Gasteiger partial charge in [-0.05, 0) is 19.4 Å². The van der Waals surface area contributed by atoms with Crippen LogP contribution in [-0.2, 0) is 19.1 Å². The maximum Gasteiger partial charge on any atom is 0.308 e. The third-order valence-corrected chi connectivity index (χ3v) is 3.48. The fourth-order valence-electron chi connectivity index (χ4n) is 2.24. The molecule has 0 aromatic heterocycles. The summed E-state index contributed by atoms with van der Waals surface area (Å²) >= 11 is 0. The molecule has 2 amide bonds. The van der Waals surface area contributed by atoms with Gasteiger partial charge in [0.15, 0.2) is 0 Å². The van der Waals surface area contributed by atoms with Crippen molar-refractivity contribution in [1.82, 2.24) is 15.5 Å². The fraction of sp³-hybridized carbons (Fsp3) is 0.800. The van der Waals surface area contributed by atoms with Gasteiger partial charge in [-0.1, -0.05) is 20.3 Å². The lowest BCUT2D eigenvalue weighted by Gasteiger charge is -2.34. The molecule has 0 aromatic rings. The molecular weight excluding hydrogens is 286 g/mol. The number of hydrogen-bond acceptors (Lipinski definition) is 5. The van der Waals surface area contributed by atoms with Crippen molar-refractivity contribution in [1.29, 1.82) is 0 Å². The summed E-state index contributed by atoms with van der Waals surface area (Å²) in [6, 6.07) is -0.765. The zero-order valence-corrected chi connectivity index (χ0v) is 13.5. The van der Waals surface area contributed by atoms with E-state index in [4.69, 9.17) is 4.74 Å². The summed E-state index contributed by atoms with van der Waals surface area (Å²) in [5.41, 5.74) is 0. The van der Waals surface area contributed by atoms with Crippen LogP contribution >= 0.6 is 0 Å². The van der Waals surface area contributed by atoms with Crippen LogP contribution in [-0.4, -0.2) is 61.5 Å². The summed E-state index contributed by atoms with van der Waals surface area (Å²) in [7, 11) is 0. The van der Waals surface area contributed by atoms with E-state index in [2.05, 4.69) is 10.6 Å². The highest BCUT2D eigenvalue weighted by Gasteiger charge is 2.34. The van der Waals surface area contributed by atoms with Crippen molar-refractivity contribution < 1.29 is 19.1 Å². The lowest BCUT2D eigenvalue weighted by molar-refractivity contribution is -0.151. The maximum absolute atomic E-state index is 12.2. The molecule has 0 aliphatic carbocycles. The second-order valence-electron chi connectivity index (χ2n) is 5.35. The summed E-state index contributed by atoms with van der Waals surface area (Å²) in [5, 5.41) is 5.72.